The summed E-state index contributed by atoms with van der Waals surface area (Å²) in [6, 6.07) is 12.0. The lowest BCUT2D eigenvalue weighted by molar-refractivity contribution is -0.142. The zero-order valence-corrected chi connectivity index (χ0v) is 21.1. The third-order valence-corrected chi connectivity index (χ3v) is 5.66. The highest BCUT2D eigenvalue weighted by Gasteiger charge is 2.29. The van der Waals surface area contributed by atoms with Crippen molar-refractivity contribution in [2.75, 3.05) is 6.61 Å². The minimum atomic E-state index is -0.752. The number of rotatable bonds is 8. The zero-order valence-electron chi connectivity index (χ0n) is 19.5. The molecule has 32 heavy (non-hydrogen) atoms. The molecule has 0 aliphatic carbocycles. The molecule has 0 fully saturated rings. The number of carbonyl (C=O) groups excluding carboxylic acids is 2. The van der Waals surface area contributed by atoms with Crippen LogP contribution in [-0.4, -0.2) is 34.9 Å². The van der Waals surface area contributed by atoms with Crippen molar-refractivity contribution in [3.05, 3.63) is 63.6 Å². The molecular weight excluding hydrogens is 447 g/mol. The lowest BCUT2D eigenvalue weighted by Gasteiger charge is -2.32. The second-order valence-electron chi connectivity index (χ2n) is 9.12. The Labute approximate surface area is 201 Å². The molecule has 0 heterocycles. The molecule has 0 spiro atoms. The van der Waals surface area contributed by atoms with E-state index in [0.717, 1.165) is 5.56 Å². The molecule has 2 aromatic rings. The van der Waals surface area contributed by atoms with Gasteiger partial charge in [0.1, 0.15) is 11.8 Å². The Kier molecular flexibility index (Phi) is 8.99. The molecule has 0 aromatic heterocycles. The number of hydrogen-bond donors (Lipinski definition) is 1. The molecule has 0 saturated carbocycles. The number of hydrogen-bond acceptors (Lipinski definition) is 3. The van der Waals surface area contributed by atoms with E-state index >= 15 is 0 Å². The molecule has 0 saturated heterocycles. The number of carbonyl (C=O) groups is 2. The first-order valence-electron chi connectivity index (χ1n) is 10.7. The number of para-hydroxylation sites is 1. The van der Waals surface area contributed by atoms with Crippen molar-refractivity contribution in [2.24, 2.45) is 0 Å². The van der Waals surface area contributed by atoms with Gasteiger partial charge in [0.05, 0.1) is 0 Å². The lowest BCUT2D eigenvalue weighted by atomic mass is 10.0. The Balaban J connectivity index is 2.29. The molecule has 174 valence electrons. The maximum Gasteiger partial charge on any atom is 0.261 e. The molecule has 0 bridgehead atoms. The molecule has 0 aliphatic rings. The summed E-state index contributed by atoms with van der Waals surface area (Å²) in [7, 11) is 0. The molecule has 7 heteroatoms. The van der Waals surface area contributed by atoms with Crippen LogP contribution in [-0.2, 0) is 16.1 Å². The highest BCUT2D eigenvalue weighted by atomic mass is 35.5. The second kappa shape index (κ2) is 11.1. The van der Waals surface area contributed by atoms with Crippen LogP contribution >= 0.6 is 23.2 Å². The van der Waals surface area contributed by atoms with Crippen molar-refractivity contribution in [1.82, 2.24) is 10.2 Å². The summed E-state index contributed by atoms with van der Waals surface area (Å²) in [6.45, 7) is 11.4. The van der Waals surface area contributed by atoms with Gasteiger partial charge in [-0.05, 0) is 57.4 Å². The average molecular weight is 479 g/mol. The van der Waals surface area contributed by atoms with Crippen LogP contribution < -0.4 is 10.1 Å². The maximum absolute atomic E-state index is 13.3. The fraction of sp³-hybridized carbons (Fsp3) is 0.440. The maximum atomic E-state index is 13.3. The number of halogens is 2. The molecule has 2 rings (SSSR count). The van der Waals surface area contributed by atoms with Gasteiger partial charge < -0.3 is 15.0 Å². The third kappa shape index (κ3) is 7.14. The van der Waals surface area contributed by atoms with Crippen molar-refractivity contribution in [3.63, 3.8) is 0 Å². The van der Waals surface area contributed by atoms with E-state index in [1.807, 2.05) is 45.0 Å². The van der Waals surface area contributed by atoms with Gasteiger partial charge in [-0.15, -0.1) is 0 Å². The monoisotopic (exact) mass is 478 g/mol. The number of nitrogens with one attached hydrogen (secondary N) is 1. The normalized spacial score (nSPS) is 12.4. The number of ether oxygens (including phenoxy) is 1. The van der Waals surface area contributed by atoms with Crippen molar-refractivity contribution >= 4 is 35.0 Å². The summed E-state index contributed by atoms with van der Waals surface area (Å²) >= 11 is 12.7. The Morgan fingerprint density at radius 2 is 1.59 bits per heavy atom. The van der Waals surface area contributed by atoms with E-state index < -0.39 is 11.6 Å². The van der Waals surface area contributed by atoms with Gasteiger partial charge in [-0.2, -0.15) is 0 Å². The Morgan fingerprint density at radius 3 is 2.16 bits per heavy atom. The Bertz CT molecular complexity index is 934. The summed E-state index contributed by atoms with van der Waals surface area (Å²) in [5.41, 5.74) is 1.16. The molecule has 0 radical (unpaired) electrons. The molecule has 5 nitrogen and oxygen atoms in total. The van der Waals surface area contributed by atoms with Crippen molar-refractivity contribution in [2.45, 2.75) is 65.6 Å². The van der Waals surface area contributed by atoms with Crippen LogP contribution in [0.4, 0.5) is 0 Å². The lowest BCUT2D eigenvalue weighted by Crippen LogP contribution is -2.53. The Morgan fingerprint density at radius 1 is 1.00 bits per heavy atom. The molecule has 1 unspecified atom stereocenters. The molecular formula is C25H32Cl2N2O3. The molecule has 1 N–H and O–H groups in total. The van der Waals surface area contributed by atoms with Crippen molar-refractivity contribution in [1.29, 1.82) is 0 Å². The summed E-state index contributed by atoms with van der Waals surface area (Å²) in [5, 5.41) is 3.80. The van der Waals surface area contributed by atoms with Crippen molar-refractivity contribution in [3.8, 4) is 5.75 Å². The van der Waals surface area contributed by atoms with E-state index in [1.54, 1.807) is 25.1 Å². The average Bonchev–Trinajstić information content (AvgIpc) is 2.70. The topological polar surface area (TPSA) is 58.6 Å². The fourth-order valence-corrected chi connectivity index (χ4v) is 3.74. The SMILES string of the molecule is CC(C)c1ccccc1OCC(=O)N(Cc1c(Cl)cccc1Cl)C(C)C(=O)NC(C)(C)C. The second-order valence-corrected chi connectivity index (χ2v) is 9.93. The number of nitrogens with zero attached hydrogens (tertiary/aromatic N) is 1. The summed E-state index contributed by atoms with van der Waals surface area (Å²) in [5.74, 6) is 0.293. The largest absolute Gasteiger partial charge is 0.483 e. The van der Waals surface area contributed by atoms with Gasteiger partial charge in [0.15, 0.2) is 6.61 Å². The van der Waals surface area contributed by atoms with Crippen LogP contribution in [0.3, 0.4) is 0 Å². The first-order chi connectivity index (χ1) is 14.9. The molecule has 2 amide bonds. The predicted octanol–water partition coefficient (Wildman–Crippen LogP) is 5.83. The van der Waals surface area contributed by atoms with E-state index in [-0.39, 0.29) is 30.9 Å². The van der Waals surface area contributed by atoms with Crippen molar-refractivity contribution < 1.29 is 14.3 Å². The molecule has 2 aromatic carbocycles. The van der Waals surface area contributed by atoms with Gasteiger partial charge in [-0.3, -0.25) is 9.59 Å². The van der Waals surface area contributed by atoms with Crippen LogP contribution in [0.1, 0.15) is 58.6 Å². The summed E-state index contributed by atoms with van der Waals surface area (Å²) < 4.78 is 5.88. The van der Waals surface area contributed by atoms with Gasteiger partial charge >= 0.3 is 0 Å². The van der Waals surface area contributed by atoms with Crippen LogP contribution in [0.2, 0.25) is 10.0 Å². The van der Waals surface area contributed by atoms with Gasteiger partial charge in [0.2, 0.25) is 5.91 Å². The molecule has 1 atom stereocenters. The van der Waals surface area contributed by atoms with Gasteiger partial charge in [-0.25, -0.2) is 0 Å². The van der Waals surface area contributed by atoms with Gasteiger partial charge in [0, 0.05) is 27.7 Å². The van der Waals surface area contributed by atoms with Gasteiger partial charge in [-0.1, -0.05) is 61.3 Å². The van der Waals surface area contributed by atoms with E-state index in [4.69, 9.17) is 27.9 Å². The zero-order chi connectivity index (χ0) is 24.1. The third-order valence-electron chi connectivity index (χ3n) is 4.95. The molecule has 0 aliphatic heterocycles. The fourth-order valence-electron chi connectivity index (χ4n) is 3.22. The first-order valence-corrected chi connectivity index (χ1v) is 11.4. The predicted molar refractivity (Wildman–Crippen MR) is 130 cm³/mol. The van der Waals surface area contributed by atoms with Crippen LogP contribution in [0.25, 0.3) is 0 Å². The van der Waals surface area contributed by atoms with E-state index in [9.17, 15) is 9.59 Å². The standard InChI is InChI=1S/C25H32Cl2N2O3/c1-16(2)18-10-7-8-13-22(18)32-15-23(30)29(17(3)24(31)28-25(4,5)6)14-19-20(26)11-9-12-21(19)27/h7-13,16-17H,14-15H2,1-6H3,(H,28,31). The van der Waals surface area contributed by atoms with Crippen LogP contribution in [0.15, 0.2) is 42.5 Å². The van der Waals surface area contributed by atoms with Crippen LogP contribution in [0.5, 0.6) is 5.75 Å². The quantitative estimate of drug-likeness (QED) is 0.519. The van der Waals surface area contributed by atoms with E-state index in [1.165, 1.54) is 4.90 Å². The first kappa shape index (κ1) is 26.0. The van der Waals surface area contributed by atoms with E-state index in [2.05, 4.69) is 19.2 Å². The smallest absolute Gasteiger partial charge is 0.261 e. The van der Waals surface area contributed by atoms with Gasteiger partial charge in [0.25, 0.3) is 5.91 Å². The number of benzene rings is 2. The highest BCUT2D eigenvalue weighted by Crippen LogP contribution is 2.28. The van der Waals surface area contributed by atoms with Crippen LogP contribution in [0, 0.1) is 0 Å². The minimum absolute atomic E-state index is 0.0885. The summed E-state index contributed by atoms with van der Waals surface area (Å²) in [6.07, 6.45) is 0. The highest BCUT2D eigenvalue weighted by molar-refractivity contribution is 6.36. The van der Waals surface area contributed by atoms with E-state index in [0.29, 0.717) is 21.4 Å². The Hall–Kier alpha value is -2.24. The minimum Gasteiger partial charge on any atom is -0.483 e. The summed E-state index contributed by atoms with van der Waals surface area (Å²) in [4.78, 5) is 27.6. The number of amides is 2.